The van der Waals surface area contributed by atoms with Crippen molar-refractivity contribution in [2.75, 3.05) is 25.5 Å². The zero-order valence-corrected chi connectivity index (χ0v) is 16.3. The van der Waals surface area contributed by atoms with Gasteiger partial charge in [0, 0.05) is 19.8 Å². The standard InChI is InChI=1S/C17H25N5O4S/c1-21-10-14(9-18-21)17-19-16(20-26-17)15-11-25-8-7-22(15)27(23,24)12-13-5-3-2-4-6-13/h9-10,13,15H,2-8,11-12H2,1H3/t15-/m0/s1. The molecule has 9 nitrogen and oxygen atoms in total. The van der Waals surface area contributed by atoms with Crippen LogP contribution in [0.2, 0.25) is 0 Å². The van der Waals surface area contributed by atoms with Crippen LogP contribution in [0.1, 0.15) is 44.0 Å². The van der Waals surface area contributed by atoms with E-state index in [4.69, 9.17) is 9.26 Å². The lowest BCUT2D eigenvalue weighted by Gasteiger charge is -2.34. The zero-order chi connectivity index (χ0) is 18.9. The second kappa shape index (κ2) is 7.69. The lowest BCUT2D eigenvalue weighted by Crippen LogP contribution is -2.45. The summed E-state index contributed by atoms with van der Waals surface area (Å²) in [6, 6.07) is -0.554. The maximum atomic E-state index is 13.1. The molecule has 0 N–H and O–H groups in total. The molecule has 0 radical (unpaired) electrons. The minimum Gasteiger partial charge on any atom is -0.378 e. The number of nitrogens with zero attached hydrogens (tertiary/aromatic N) is 5. The highest BCUT2D eigenvalue weighted by molar-refractivity contribution is 7.89. The molecule has 1 saturated carbocycles. The molecule has 0 spiro atoms. The summed E-state index contributed by atoms with van der Waals surface area (Å²) < 4.78 is 40.2. The Morgan fingerprint density at radius 3 is 2.81 bits per heavy atom. The van der Waals surface area contributed by atoms with E-state index in [-0.39, 0.29) is 18.3 Å². The summed E-state index contributed by atoms with van der Waals surface area (Å²) in [5.74, 6) is 1.09. The molecule has 0 amide bonds. The summed E-state index contributed by atoms with van der Waals surface area (Å²) in [7, 11) is -1.62. The largest absolute Gasteiger partial charge is 0.378 e. The summed E-state index contributed by atoms with van der Waals surface area (Å²) in [5.41, 5.74) is 0.699. The van der Waals surface area contributed by atoms with Gasteiger partial charge in [0.2, 0.25) is 10.0 Å². The smallest absolute Gasteiger partial charge is 0.261 e. The predicted molar refractivity (Wildman–Crippen MR) is 97.1 cm³/mol. The maximum absolute atomic E-state index is 13.1. The van der Waals surface area contributed by atoms with Crippen molar-refractivity contribution in [1.29, 1.82) is 0 Å². The molecule has 3 heterocycles. The van der Waals surface area contributed by atoms with Crippen LogP contribution in [0.5, 0.6) is 0 Å². The van der Waals surface area contributed by atoms with Crippen molar-refractivity contribution < 1.29 is 17.7 Å². The van der Waals surface area contributed by atoms with E-state index in [1.165, 1.54) is 10.7 Å². The molecule has 2 aliphatic rings. The first kappa shape index (κ1) is 18.6. The Hall–Kier alpha value is -1.78. The normalized spacial score (nSPS) is 22.9. The molecule has 4 rings (SSSR count). The van der Waals surface area contributed by atoms with Crippen LogP contribution in [0.25, 0.3) is 11.5 Å². The minimum atomic E-state index is -3.42. The molecule has 0 aromatic carbocycles. The van der Waals surface area contributed by atoms with Crippen molar-refractivity contribution in [3.63, 3.8) is 0 Å². The van der Waals surface area contributed by atoms with Gasteiger partial charge >= 0.3 is 0 Å². The van der Waals surface area contributed by atoms with Crippen LogP contribution in [0.3, 0.4) is 0 Å². The molecule has 1 saturated heterocycles. The van der Waals surface area contributed by atoms with E-state index in [2.05, 4.69) is 15.2 Å². The Balaban J connectivity index is 1.54. The van der Waals surface area contributed by atoms with Gasteiger partial charge in [-0.2, -0.15) is 14.4 Å². The van der Waals surface area contributed by atoms with Crippen LogP contribution >= 0.6 is 0 Å². The van der Waals surface area contributed by atoms with Crippen LogP contribution in [0.15, 0.2) is 16.9 Å². The van der Waals surface area contributed by atoms with E-state index in [1.54, 1.807) is 24.1 Å². The Labute approximate surface area is 158 Å². The molecule has 1 atom stereocenters. The van der Waals surface area contributed by atoms with Gasteiger partial charge in [-0.25, -0.2) is 8.42 Å². The monoisotopic (exact) mass is 395 g/mol. The lowest BCUT2D eigenvalue weighted by molar-refractivity contribution is 0.0280. The molecular formula is C17H25N5O4S. The molecular weight excluding hydrogens is 370 g/mol. The van der Waals surface area contributed by atoms with E-state index in [9.17, 15) is 8.42 Å². The number of hydrogen-bond donors (Lipinski definition) is 0. The van der Waals surface area contributed by atoms with Crippen LogP contribution in [0, 0.1) is 5.92 Å². The fourth-order valence-corrected chi connectivity index (χ4v) is 5.91. The number of sulfonamides is 1. The second-order valence-electron chi connectivity index (χ2n) is 7.34. The van der Waals surface area contributed by atoms with Crippen LogP contribution in [-0.2, 0) is 21.8 Å². The highest BCUT2D eigenvalue weighted by Gasteiger charge is 2.38. The van der Waals surface area contributed by atoms with E-state index < -0.39 is 16.1 Å². The van der Waals surface area contributed by atoms with Gasteiger partial charge in [-0.3, -0.25) is 4.68 Å². The molecule has 1 aliphatic carbocycles. The number of aromatic nitrogens is 4. The van der Waals surface area contributed by atoms with Gasteiger partial charge in [0.1, 0.15) is 6.04 Å². The molecule has 10 heteroatoms. The average molecular weight is 395 g/mol. The van der Waals surface area contributed by atoms with Gasteiger partial charge in [-0.05, 0) is 18.8 Å². The van der Waals surface area contributed by atoms with Gasteiger partial charge < -0.3 is 9.26 Å². The number of aryl methyl sites for hydroxylation is 1. The average Bonchev–Trinajstić information content (AvgIpc) is 3.31. The van der Waals surface area contributed by atoms with Crippen LogP contribution in [0.4, 0.5) is 0 Å². The van der Waals surface area contributed by atoms with Crippen molar-refractivity contribution in [3.05, 3.63) is 18.2 Å². The molecule has 0 bridgehead atoms. The molecule has 148 valence electrons. The highest BCUT2D eigenvalue weighted by Crippen LogP contribution is 2.31. The molecule has 2 aromatic rings. The van der Waals surface area contributed by atoms with Crippen molar-refractivity contribution in [2.24, 2.45) is 13.0 Å². The molecule has 1 aliphatic heterocycles. The lowest BCUT2D eigenvalue weighted by atomic mass is 9.91. The third-order valence-electron chi connectivity index (χ3n) is 5.30. The van der Waals surface area contributed by atoms with Crippen LogP contribution < -0.4 is 0 Å². The van der Waals surface area contributed by atoms with Crippen molar-refractivity contribution in [1.82, 2.24) is 24.2 Å². The Morgan fingerprint density at radius 2 is 2.07 bits per heavy atom. The van der Waals surface area contributed by atoms with Crippen LogP contribution in [-0.4, -0.2) is 58.2 Å². The van der Waals surface area contributed by atoms with E-state index in [0.29, 0.717) is 30.4 Å². The van der Waals surface area contributed by atoms with E-state index in [1.807, 2.05) is 0 Å². The quantitative estimate of drug-likeness (QED) is 0.760. The first-order chi connectivity index (χ1) is 13.0. The first-order valence-electron chi connectivity index (χ1n) is 9.43. The summed E-state index contributed by atoms with van der Waals surface area (Å²) >= 11 is 0. The summed E-state index contributed by atoms with van der Waals surface area (Å²) in [4.78, 5) is 4.41. The first-order valence-corrected chi connectivity index (χ1v) is 11.0. The van der Waals surface area contributed by atoms with Gasteiger partial charge in [-0.15, -0.1) is 0 Å². The highest BCUT2D eigenvalue weighted by atomic mass is 32.2. The molecule has 27 heavy (non-hydrogen) atoms. The third-order valence-corrected chi connectivity index (χ3v) is 7.34. The Morgan fingerprint density at radius 1 is 1.26 bits per heavy atom. The Kier molecular flexibility index (Phi) is 5.29. The van der Waals surface area contributed by atoms with E-state index >= 15 is 0 Å². The van der Waals surface area contributed by atoms with Gasteiger partial charge in [0.25, 0.3) is 5.89 Å². The SMILES string of the molecule is Cn1cc(-c2nc([C@@H]3COCCN3S(=O)(=O)CC3CCCCC3)no2)cn1. The zero-order valence-electron chi connectivity index (χ0n) is 15.5. The number of morpholine rings is 1. The second-order valence-corrected chi connectivity index (χ2v) is 9.31. The summed E-state index contributed by atoms with van der Waals surface area (Å²) in [6.45, 7) is 0.931. The third kappa shape index (κ3) is 4.07. The molecule has 2 fully saturated rings. The number of rotatable bonds is 5. The predicted octanol–water partition coefficient (Wildman–Crippen LogP) is 1.75. The van der Waals surface area contributed by atoms with Crippen molar-refractivity contribution in [3.8, 4) is 11.5 Å². The van der Waals surface area contributed by atoms with E-state index in [0.717, 1.165) is 25.7 Å². The maximum Gasteiger partial charge on any atom is 0.261 e. The molecule has 0 unspecified atom stereocenters. The fourth-order valence-electron chi connectivity index (χ4n) is 3.89. The van der Waals surface area contributed by atoms with Crippen molar-refractivity contribution >= 4 is 10.0 Å². The number of ether oxygens (including phenoxy) is 1. The Bertz CT molecular complexity index is 872. The number of hydrogen-bond acceptors (Lipinski definition) is 7. The summed E-state index contributed by atoms with van der Waals surface area (Å²) in [5, 5.41) is 8.12. The topological polar surface area (TPSA) is 103 Å². The minimum absolute atomic E-state index is 0.191. The van der Waals surface area contributed by atoms with Gasteiger partial charge in [0.05, 0.1) is 30.7 Å². The van der Waals surface area contributed by atoms with Gasteiger partial charge in [0.15, 0.2) is 5.82 Å². The van der Waals surface area contributed by atoms with Gasteiger partial charge in [-0.1, -0.05) is 24.4 Å². The van der Waals surface area contributed by atoms with Crippen molar-refractivity contribution in [2.45, 2.75) is 38.1 Å². The fraction of sp³-hybridized carbons (Fsp3) is 0.706. The summed E-state index contributed by atoms with van der Waals surface area (Å²) in [6.07, 6.45) is 8.82. The molecule has 2 aromatic heterocycles.